The van der Waals surface area contributed by atoms with Gasteiger partial charge in [0.1, 0.15) is 17.7 Å². The normalized spacial score (nSPS) is 14.4. The van der Waals surface area contributed by atoms with E-state index in [-0.39, 0.29) is 5.91 Å². The van der Waals surface area contributed by atoms with E-state index in [1.54, 1.807) is 13.3 Å². The second-order valence-corrected chi connectivity index (χ2v) is 7.79. The van der Waals surface area contributed by atoms with Crippen LogP contribution in [0.4, 0.5) is 11.6 Å². The molecule has 4 heterocycles. The number of aromatic nitrogens is 5. The van der Waals surface area contributed by atoms with E-state index < -0.39 is 0 Å². The van der Waals surface area contributed by atoms with Crippen molar-refractivity contribution in [3.05, 3.63) is 48.0 Å². The first kappa shape index (κ1) is 19.2. The predicted molar refractivity (Wildman–Crippen MR) is 120 cm³/mol. The summed E-state index contributed by atoms with van der Waals surface area (Å²) in [5.74, 6) is 1.75. The molecule has 0 atom stereocenters. The molecule has 0 unspecified atom stereocenters. The lowest BCUT2D eigenvalue weighted by Crippen LogP contribution is -2.48. The van der Waals surface area contributed by atoms with E-state index in [2.05, 4.69) is 61.3 Å². The Hall–Kier alpha value is -3.75. The number of carbonyl (C=O) groups is 1. The molecule has 0 saturated carbocycles. The molecule has 1 amide bonds. The fraction of sp³-hybridized carbons (Fsp3) is 0.318. The van der Waals surface area contributed by atoms with Gasteiger partial charge in [0.05, 0.1) is 11.8 Å². The number of imidazole rings is 1. The number of anilines is 2. The third-order valence-electron chi connectivity index (χ3n) is 5.79. The van der Waals surface area contributed by atoms with Crippen molar-refractivity contribution in [2.75, 3.05) is 36.4 Å². The Morgan fingerprint density at radius 2 is 1.97 bits per heavy atom. The Morgan fingerprint density at radius 3 is 2.77 bits per heavy atom. The van der Waals surface area contributed by atoms with Gasteiger partial charge >= 0.3 is 0 Å². The summed E-state index contributed by atoms with van der Waals surface area (Å²) in [7, 11) is 0. The number of hydrogen-bond donors (Lipinski definition) is 2. The fourth-order valence-corrected chi connectivity index (χ4v) is 4.09. The number of piperazine rings is 1. The number of para-hydroxylation sites is 1. The second kappa shape index (κ2) is 7.82. The first-order valence-corrected chi connectivity index (χ1v) is 10.4. The van der Waals surface area contributed by atoms with Crippen LogP contribution in [0.3, 0.4) is 0 Å². The Bertz CT molecular complexity index is 1260. The monoisotopic (exact) mass is 416 g/mol. The van der Waals surface area contributed by atoms with Gasteiger partial charge in [-0.2, -0.15) is 0 Å². The van der Waals surface area contributed by atoms with Crippen LogP contribution in [0.5, 0.6) is 0 Å². The minimum atomic E-state index is 0.121. The van der Waals surface area contributed by atoms with E-state index in [4.69, 9.17) is 4.98 Å². The third kappa shape index (κ3) is 3.63. The summed E-state index contributed by atoms with van der Waals surface area (Å²) in [5, 5.41) is 4.52. The number of hydrogen-bond acceptors (Lipinski definition) is 7. The molecule has 9 nitrogen and oxygen atoms in total. The molecule has 2 N–H and O–H groups in total. The number of pyridine rings is 1. The van der Waals surface area contributed by atoms with Gasteiger partial charge in [0.2, 0.25) is 5.91 Å². The molecule has 9 heteroatoms. The van der Waals surface area contributed by atoms with Crippen molar-refractivity contribution in [2.45, 2.75) is 20.4 Å². The van der Waals surface area contributed by atoms with Crippen molar-refractivity contribution in [3.63, 3.8) is 0 Å². The van der Waals surface area contributed by atoms with Crippen LogP contribution in [-0.4, -0.2) is 61.9 Å². The zero-order valence-corrected chi connectivity index (χ0v) is 17.6. The highest BCUT2D eigenvalue weighted by Gasteiger charge is 2.22. The van der Waals surface area contributed by atoms with Crippen LogP contribution in [0.25, 0.3) is 22.1 Å². The summed E-state index contributed by atoms with van der Waals surface area (Å²) >= 11 is 0. The number of fused-ring (bicyclic) bond motifs is 2. The standard InChI is InChI=1S/C22H24N8O/c1-14-4-3-5-16-10-17(11-23-20-19-21(25-12-24-19)27-13-26-20)22(28-18(14)16)30-8-6-29(7-9-30)15(2)31/h3-5,10,12-13H,6-9,11H2,1-2H3,(H2,23,24,25,26,27). The summed E-state index contributed by atoms with van der Waals surface area (Å²) < 4.78 is 0. The first-order valence-electron chi connectivity index (χ1n) is 10.4. The minimum Gasteiger partial charge on any atom is -0.364 e. The second-order valence-electron chi connectivity index (χ2n) is 7.79. The summed E-state index contributed by atoms with van der Waals surface area (Å²) in [6.07, 6.45) is 3.14. The molecule has 0 radical (unpaired) electrons. The lowest BCUT2D eigenvalue weighted by molar-refractivity contribution is -0.129. The number of benzene rings is 1. The van der Waals surface area contributed by atoms with Crippen LogP contribution in [0.2, 0.25) is 0 Å². The average molecular weight is 416 g/mol. The van der Waals surface area contributed by atoms with E-state index >= 15 is 0 Å². The van der Waals surface area contributed by atoms with E-state index in [0.717, 1.165) is 40.9 Å². The van der Waals surface area contributed by atoms with Crippen molar-refractivity contribution >= 4 is 39.6 Å². The molecular formula is C22H24N8O. The highest BCUT2D eigenvalue weighted by atomic mass is 16.2. The maximum atomic E-state index is 11.7. The number of aromatic amines is 1. The molecule has 0 bridgehead atoms. The summed E-state index contributed by atoms with van der Waals surface area (Å²) in [4.78, 5) is 36.8. The number of aryl methyl sites for hydroxylation is 1. The SMILES string of the molecule is CC(=O)N1CCN(c2nc3c(C)cccc3cc2CNc2ncnc3[nH]cnc23)CC1. The Balaban J connectivity index is 1.49. The zero-order valence-electron chi connectivity index (χ0n) is 17.6. The molecule has 1 saturated heterocycles. The number of carbonyl (C=O) groups excluding carboxylic acids is 1. The first-order chi connectivity index (χ1) is 15.1. The molecular weight excluding hydrogens is 392 g/mol. The smallest absolute Gasteiger partial charge is 0.219 e. The molecule has 1 aromatic carbocycles. The lowest BCUT2D eigenvalue weighted by Gasteiger charge is -2.36. The highest BCUT2D eigenvalue weighted by Crippen LogP contribution is 2.27. The van der Waals surface area contributed by atoms with Gasteiger partial charge in [0, 0.05) is 50.6 Å². The van der Waals surface area contributed by atoms with Gasteiger partial charge < -0.3 is 20.1 Å². The number of nitrogens with zero attached hydrogens (tertiary/aromatic N) is 6. The molecule has 0 spiro atoms. The molecule has 158 valence electrons. The Kier molecular flexibility index (Phi) is 4.85. The van der Waals surface area contributed by atoms with Gasteiger partial charge in [-0.15, -0.1) is 0 Å². The quantitative estimate of drug-likeness (QED) is 0.527. The van der Waals surface area contributed by atoms with Crippen molar-refractivity contribution in [1.29, 1.82) is 0 Å². The molecule has 0 aliphatic carbocycles. The van der Waals surface area contributed by atoms with Crippen LogP contribution >= 0.6 is 0 Å². The number of rotatable bonds is 4. The summed E-state index contributed by atoms with van der Waals surface area (Å²) in [6, 6.07) is 8.42. The Labute approximate surface area is 179 Å². The molecule has 1 aliphatic heterocycles. The lowest BCUT2D eigenvalue weighted by atomic mass is 10.1. The molecule has 5 rings (SSSR count). The van der Waals surface area contributed by atoms with Gasteiger partial charge in [-0.1, -0.05) is 18.2 Å². The zero-order chi connectivity index (χ0) is 21.4. The van der Waals surface area contributed by atoms with Gasteiger partial charge in [0.25, 0.3) is 0 Å². The summed E-state index contributed by atoms with van der Waals surface area (Å²) in [6.45, 7) is 7.19. The Morgan fingerprint density at radius 1 is 1.13 bits per heavy atom. The van der Waals surface area contributed by atoms with E-state index in [1.165, 1.54) is 6.33 Å². The van der Waals surface area contributed by atoms with E-state index in [9.17, 15) is 4.79 Å². The molecule has 3 aromatic heterocycles. The molecule has 1 aliphatic rings. The highest BCUT2D eigenvalue weighted by molar-refractivity contribution is 5.85. The maximum absolute atomic E-state index is 11.7. The fourth-order valence-electron chi connectivity index (χ4n) is 4.09. The van der Waals surface area contributed by atoms with E-state index in [0.29, 0.717) is 36.6 Å². The van der Waals surface area contributed by atoms with Crippen molar-refractivity contribution in [1.82, 2.24) is 29.8 Å². The van der Waals surface area contributed by atoms with Crippen molar-refractivity contribution in [2.24, 2.45) is 0 Å². The average Bonchev–Trinajstić information content (AvgIpc) is 3.27. The predicted octanol–water partition coefficient (Wildman–Crippen LogP) is 2.49. The number of nitrogens with one attached hydrogen (secondary N) is 2. The van der Waals surface area contributed by atoms with E-state index in [1.807, 2.05) is 4.90 Å². The third-order valence-corrected chi connectivity index (χ3v) is 5.79. The van der Waals surface area contributed by atoms with Crippen LogP contribution in [0, 0.1) is 6.92 Å². The number of amides is 1. The molecule has 31 heavy (non-hydrogen) atoms. The van der Waals surface area contributed by atoms with Crippen LogP contribution < -0.4 is 10.2 Å². The van der Waals surface area contributed by atoms with Crippen LogP contribution in [0.15, 0.2) is 36.9 Å². The van der Waals surface area contributed by atoms with Gasteiger partial charge in [-0.25, -0.2) is 19.9 Å². The van der Waals surface area contributed by atoms with Crippen LogP contribution in [0.1, 0.15) is 18.1 Å². The molecule has 4 aromatic rings. The molecule has 1 fully saturated rings. The van der Waals surface area contributed by atoms with Gasteiger partial charge in [-0.05, 0) is 18.6 Å². The van der Waals surface area contributed by atoms with Crippen molar-refractivity contribution in [3.8, 4) is 0 Å². The minimum absolute atomic E-state index is 0.121. The number of H-pyrrole nitrogens is 1. The largest absolute Gasteiger partial charge is 0.364 e. The van der Waals surface area contributed by atoms with Gasteiger partial charge in [-0.3, -0.25) is 4.79 Å². The topological polar surface area (TPSA) is 103 Å². The summed E-state index contributed by atoms with van der Waals surface area (Å²) in [5.41, 5.74) is 4.65. The van der Waals surface area contributed by atoms with Gasteiger partial charge in [0.15, 0.2) is 11.5 Å². The van der Waals surface area contributed by atoms with Crippen molar-refractivity contribution < 1.29 is 4.79 Å². The maximum Gasteiger partial charge on any atom is 0.219 e. The van der Waals surface area contributed by atoms with Crippen LogP contribution in [-0.2, 0) is 11.3 Å².